The fourth-order valence-corrected chi connectivity index (χ4v) is 1.75. The number of likely N-dealkylation sites (N-methyl/N-ethyl adjacent to an activating group) is 1. The van der Waals surface area contributed by atoms with Crippen molar-refractivity contribution in [2.24, 2.45) is 0 Å². The molecule has 0 unspecified atom stereocenters. The van der Waals surface area contributed by atoms with E-state index in [0.717, 1.165) is 5.69 Å². The van der Waals surface area contributed by atoms with Crippen molar-refractivity contribution in [2.45, 2.75) is 0 Å². The van der Waals surface area contributed by atoms with Crippen molar-refractivity contribution in [1.82, 2.24) is 9.47 Å². The molecule has 1 heterocycles. The minimum Gasteiger partial charge on any atom is -0.395 e. The first-order valence-corrected chi connectivity index (χ1v) is 5.82. The Hall–Kier alpha value is -2.07. The number of rotatable bonds is 4. The van der Waals surface area contributed by atoms with Crippen molar-refractivity contribution in [3.63, 3.8) is 0 Å². The van der Waals surface area contributed by atoms with Crippen LogP contribution in [0.25, 0.3) is 5.69 Å². The van der Waals surface area contributed by atoms with Gasteiger partial charge in [-0.05, 0) is 36.4 Å². The fourth-order valence-electron chi connectivity index (χ4n) is 1.75. The van der Waals surface area contributed by atoms with Gasteiger partial charge in [0.25, 0.3) is 5.91 Å². The van der Waals surface area contributed by atoms with Crippen LogP contribution in [0.3, 0.4) is 0 Å². The third-order valence-corrected chi connectivity index (χ3v) is 2.80. The Morgan fingerprint density at radius 1 is 1.22 bits per heavy atom. The summed E-state index contributed by atoms with van der Waals surface area (Å²) in [5, 5.41) is 8.80. The maximum atomic E-state index is 11.9. The zero-order valence-electron chi connectivity index (χ0n) is 10.3. The number of benzene rings is 1. The Kier molecular flexibility index (Phi) is 3.79. The van der Waals surface area contributed by atoms with Crippen molar-refractivity contribution in [2.75, 3.05) is 20.2 Å². The van der Waals surface area contributed by atoms with Crippen molar-refractivity contribution in [3.05, 3.63) is 54.4 Å². The Morgan fingerprint density at radius 3 is 2.39 bits per heavy atom. The molecule has 2 aromatic rings. The third-order valence-electron chi connectivity index (χ3n) is 2.80. The number of carbonyl (C=O) groups is 1. The molecule has 0 saturated heterocycles. The molecule has 94 valence electrons. The minimum atomic E-state index is -0.0805. The normalized spacial score (nSPS) is 10.3. The Bertz CT molecular complexity index is 503. The Morgan fingerprint density at radius 2 is 1.83 bits per heavy atom. The van der Waals surface area contributed by atoms with Crippen LogP contribution in [0.2, 0.25) is 0 Å². The van der Waals surface area contributed by atoms with E-state index in [2.05, 4.69) is 0 Å². The maximum absolute atomic E-state index is 11.9. The Labute approximate surface area is 106 Å². The molecule has 4 heteroatoms. The van der Waals surface area contributed by atoms with E-state index in [1.165, 1.54) is 4.90 Å². The molecule has 2 rings (SSSR count). The molecule has 0 bridgehead atoms. The zero-order chi connectivity index (χ0) is 13.0. The molecule has 1 amide bonds. The Balaban J connectivity index is 2.15. The predicted octanol–water partition coefficient (Wildman–Crippen LogP) is 1.54. The molecular weight excluding hydrogens is 228 g/mol. The van der Waals surface area contributed by atoms with Crippen LogP contribution in [0.15, 0.2) is 48.8 Å². The number of carbonyl (C=O) groups excluding carboxylic acids is 1. The van der Waals surface area contributed by atoms with E-state index < -0.39 is 0 Å². The van der Waals surface area contributed by atoms with Crippen LogP contribution in [0.4, 0.5) is 0 Å². The SMILES string of the molecule is CN(CCO)C(=O)c1ccc(-n2cccc2)cc1. The first kappa shape index (κ1) is 12.4. The second-order valence-electron chi connectivity index (χ2n) is 4.09. The van der Waals surface area contributed by atoms with Gasteiger partial charge in [-0.2, -0.15) is 0 Å². The van der Waals surface area contributed by atoms with Gasteiger partial charge in [-0.15, -0.1) is 0 Å². The molecule has 0 aliphatic rings. The van der Waals surface area contributed by atoms with Crippen LogP contribution < -0.4 is 0 Å². The highest BCUT2D eigenvalue weighted by molar-refractivity contribution is 5.94. The smallest absolute Gasteiger partial charge is 0.253 e. The summed E-state index contributed by atoms with van der Waals surface area (Å²) in [4.78, 5) is 13.4. The fraction of sp³-hybridized carbons (Fsp3) is 0.214. The highest BCUT2D eigenvalue weighted by Crippen LogP contribution is 2.11. The summed E-state index contributed by atoms with van der Waals surface area (Å²) >= 11 is 0. The van der Waals surface area contributed by atoms with Crippen LogP contribution in [-0.4, -0.2) is 40.7 Å². The molecule has 4 nitrogen and oxygen atoms in total. The first-order chi connectivity index (χ1) is 8.72. The number of aliphatic hydroxyl groups is 1. The average Bonchev–Trinajstić information content (AvgIpc) is 2.92. The summed E-state index contributed by atoms with van der Waals surface area (Å²) in [5.41, 5.74) is 1.64. The predicted molar refractivity (Wildman–Crippen MR) is 69.8 cm³/mol. The molecule has 0 atom stereocenters. The van der Waals surface area contributed by atoms with Gasteiger partial charge in [-0.3, -0.25) is 4.79 Å². The second-order valence-corrected chi connectivity index (χ2v) is 4.09. The van der Waals surface area contributed by atoms with Crippen molar-refractivity contribution in [1.29, 1.82) is 0 Å². The van der Waals surface area contributed by atoms with E-state index >= 15 is 0 Å². The number of aliphatic hydroxyl groups excluding tert-OH is 1. The van der Waals surface area contributed by atoms with Crippen LogP contribution in [0.1, 0.15) is 10.4 Å². The molecule has 18 heavy (non-hydrogen) atoms. The number of nitrogens with zero attached hydrogens (tertiary/aromatic N) is 2. The lowest BCUT2D eigenvalue weighted by molar-refractivity contribution is 0.0767. The monoisotopic (exact) mass is 244 g/mol. The molecule has 1 N–H and O–H groups in total. The van der Waals surface area contributed by atoms with Gasteiger partial charge in [-0.25, -0.2) is 0 Å². The van der Waals surface area contributed by atoms with Crippen molar-refractivity contribution in [3.8, 4) is 5.69 Å². The summed E-state index contributed by atoms with van der Waals surface area (Å²) in [7, 11) is 1.68. The van der Waals surface area contributed by atoms with Gasteiger partial charge in [-0.1, -0.05) is 0 Å². The number of aromatic nitrogens is 1. The highest BCUT2D eigenvalue weighted by atomic mass is 16.3. The summed E-state index contributed by atoms with van der Waals surface area (Å²) in [6.07, 6.45) is 3.91. The van der Waals surface area contributed by atoms with Crippen molar-refractivity contribution >= 4 is 5.91 Å². The third kappa shape index (κ3) is 2.60. The molecule has 0 saturated carbocycles. The summed E-state index contributed by atoms with van der Waals surface area (Å²) < 4.78 is 1.98. The molecule has 0 spiro atoms. The molecule has 1 aromatic heterocycles. The van der Waals surface area contributed by atoms with Gasteiger partial charge in [0.2, 0.25) is 0 Å². The van der Waals surface area contributed by atoms with E-state index in [4.69, 9.17) is 5.11 Å². The average molecular weight is 244 g/mol. The number of hydrogen-bond donors (Lipinski definition) is 1. The van der Waals surface area contributed by atoms with Crippen LogP contribution in [0, 0.1) is 0 Å². The highest BCUT2D eigenvalue weighted by Gasteiger charge is 2.10. The largest absolute Gasteiger partial charge is 0.395 e. The lowest BCUT2D eigenvalue weighted by atomic mass is 10.2. The molecule has 0 aliphatic heterocycles. The van der Waals surface area contributed by atoms with Gasteiger partial charge in [0.05, 0.1) is 6.61 Å². The molecule has 0 aliphatic carbocycles. The quantitative estimate of drug-likeness (QED) is 0.886. The number of amides is 1. The van der Waals surface area contributed by atoms with E-state index in [-0.39, 0.29) is 12.5 Å². The van der Waals surface area contributed by atoms with E-state index in [0.29, 0.717) is 12.1 Å². The standard InChI is InChI=1S/C14H16N2O2/c1-15(10-11-17)14(18)12-4-6-13(7-5-12)16-8-2-3-9-16/h2-9,17H,10-11H2,1H3. The van der Waals surface area contributed by atoms with E-state index in [9.17, 15) is 4.79 Å². The van der Waals surface area contributed by atoms with Gasteiger partial charge >= 0.3 is 0 Å². The summed E-state index contributed by atoms with van der Waals surface area (Å²) in [5.74, 6) is -0.0805. The molecule has 1 aromatic carbocycles. The van der Waals surface area contributed by atoms with Gasteiger partial charge in [0.15, 0.2) is 0 Å². The molecule has 0 fully saturated rings. The lowest BCUT2D eigenvalue weighted by Crippen LogP contribution is -2.29. The topological polar surface area (TPSA) is 45.5 Å². The second kappa shape index (κ2) is 5.51. The van der Waals surface area contributed by atoms with Gasteiger partial charge < -0.3 is 14.6 Å². The summed E-state index contributed by atoms with van der Waals surface area (Å²) in [6.45, 7) is 0.321. The zero-order valence-corrected chi connectivity index (χ0v) is 10.3. The first-order valence-electron chi connectivity index (χ1n) is 5.82. The van der Waals surface area contributed by atoms with Crippen LogP contribution in [-0.2, 0) is 0 Å². The molecule has 0 radical (unpaired) electrons. The lowest BCUT2D eigenvalue weighted by Gasteiger charge is -2.15. The molecular formula is C14H16N2O2. The van der Waals surface area contributed by atoms with E-state index in [1.807, 2.05) is 41.2 Å². The maximum Gasteiger partial charge on any atom is 0.253 e. The van der Waals surface area contributed by atoms with Crippen LogP contribution in [0.5, 0.6) is 0 Å². The van der Waals surface area contributed by atoms with Crippen LogP contribution >= 0.6 is 0 Å². The van der Waals surface area contributed by atoms with E-state index in [1.54, 1.807) is 19.2 Å². The summed E-state index contributed by atoms with van der Waals surface area (Å²) in [6, 6.07) is 11.3. The van der Waals surface area contributed by atoms with Gasteiger partial charge in [0.1, 0.15) is 0 Å². The van der Waals surface area contributed by atoms with Crippen molar-refractivity contribution < 1.29 is 9.90 Å². The number of hydrogen-bond acceptors (Lipinski definition) is 2. The van der Waals surface area contributed by atoms with Gasteiger partial charge in [0, 0.05) is 37.2 Å². The minimum absolute atomic E-state index is 0.0241.